The molecule has 0 radical (unpaired) electrons. The highest BCUT2D eigenvalue weighted by atomic mass is 16.2. The maximum atomic E-state index is 12.9. The first-order chi connectivity index (χ1) is 12.2. The van der Waals surface area contributed by atoms with Crippen molar-refractivity contribution in [3.63, 3.8) is 0 Å². The lowest BCUT2D eigenvalue weighted by molar-refractivity contribution is 0.166. The molecule has 6 heteroatoms. The largest absolute Gasteiger partial charge is 0.331 e. The molecule has 132 valence electrons. The first-order valence-corrected chi connectivity index (χ1v) is 9.21. The highest BCUT2D eigenvalue weighted by Gasteiger charge is 2.34. The molecule has 2 aliphatic rings. The number of hydrogen-bond donors (Lipinski definition) is 1. The number of hydrogen-bond acceptors (Lipinski definition) is 3. The van der Waals surface area contributed by atoms with Crippen molar-refractivity contribution in [2.75, 3.05) is 0 Å². The van der Waals surface area contributed by atoms with Crippen molar-refractivity contribution >= 4 is 6.03 Å². The molecule has 1 N–H and O–H groups in total. The molecule has 1 saturated carbocycles. The molecule has 2 amide bonds. The van der Waals surface area contributed by atoms with Gasteiger partial charge in [-0.15, -0.1) is 10.2 Å². The Bertz CT molecular complexity index is 738. The molecule has 1 aromatic heterocycles. The number of fused-ring (bicyclic) bond motifs is 1. The predicted molar refractivity (Wildman–Crippen MR) is 94.7 cm³/mol. The SMILES string of the molecule is CC(C1CC1)N(Cc1ccccc1)C(=O)NCc1nnc2n1CCC2. The molecule has 0 bridgehead atoms. The lowest BCUT2D eigenvalue weighted by Crippen LogP contribution is -2.45. The van der Waals surface area contributed by atoms with E-state index in [0.29, 0.717) is 19.0 Å². The Morgan fingerprint density at radius 3 is 2.88 bits per heavy atom. The van der Waals surface area contributed by atoms with Crippen molar-refractivity contribution < 1.29 is 4.79 Å². The topological polar surface area (TPSA) is 63.1 Å². The first kappa shape index (κ1) is 16.1. The molecule has 1 aliphatic carbocycles. The van der Waals surface area contributed by atoms with Crippen LogP contribution in [0.2, 0.25) is 0 Å². The summed E-state index contributed by atoms with van der Waals surface area (Å²) in [5, 5.41) is 11.5. The summed E-state index contributed by atoms with van der Waals surface area (Å²) in [6.45, 7) is 4.20. The van der Waals surface area contributed by atoms with E-state index >= 15 is 0 Å². The van der Waals surface area contributed by atoms with Gasteiger partial charge >= 0.3 is 6.03 Å². The van der Waals surface area contributed by atoms with Crippen LogP contribution in [0.1, 0.15) is 43.4 Å². The highest BCUT2D eigenvalue weighted by Crippen LogP contribution is 2.35. The number of rotatable bonds is 6. The van der Waals surface area contributed by atoms with Crippen LogP contribution in [0.25, 0.3) is 0 Å². The van der Waals surface area contributed by atoms with Gasteiger partial charge in [0.15, 0.2) is 5.82 Å². The van der Waals surface area contributed by atoms with Crippen molar-refractivity contribution in [2.45, 2.75) is 58.3 Å². The van der Waals surface area contributed by atoms with Crippen molar-refractivity contribution in [3.05, 3.63) is 47.5 Å². The number of urea groups is 1. The maximum absolute atomic E-state index is 12.9. The molecule has 25 heavy (non-hydrogen) atoms. The lowest BCUT2D eigenvalue weighted by atomic mass is 10.1. The molecule has 1 atom stereocenters. The summed E-state index contributed by atoms with van der Waals surface area (Å²) in [5.41, 5.74) is 1.16. The van der Waals surface area contributed by atoms with Crippen LogP contribution in [0.3, 0.4) is 0 Å². The summed E-state index contributed by atoms with van der Waals surface area (Å²) in [6.07, 6.45) is 4.54. The average Bonchev–Trinajstić information content (AvgIpc) is 3.26. The molecular weight excluding hydrogens is 314 g/mol. The Morgan fingerprint density at radius 1 is 1.32 bits per heavy atom. The van der Waals surface area contributed by atoms with E-state index in [4.69, 9.17) is 0 Å². The summed E-state index contributed by atoms with van der Waals surface area (Å²) < 4.78 is 2.13. The van der Waals surface area contributed by atoms with Gasteiger partial charge in [0.1, 0.15) is 5.82 Å². The van der Waals surface area contributed by atoms with E-state index in [-0.39, 0.29) is 12.1 Å². The van der Waals surface area contributed by atoms with Crippen LogP contribution in [0.15, 0.2) is 30.3 Å². The lowest BCUT2D eigenvalue weighted by Gasteiger charge is -2.29. The fraction of sp³-hybridized carbons (Fsp3) is 0.526. The number of benzene rings is 1. The third-order valence-electron chi connectivity index (χ3n) is 5.34. The average molecular weight is 339 g/mol. The second kappa shape index (κ2) is 6.86. The van der Waals surface area contributed by atoms with E-state index in [2.05, 4.69) is 39.1 Å². The summed E-state index contributed by atoms with van der Waals surface area (Å²) in [4.78, 5) is 14.8. The first-order valence-electron chi connectivity index (χ1n) is 9.21. The van der Waals surface area contributed by atoms with Gasteiger partial charge in [0, 0.05) is 25.6 Å². The molecule has 1 unspecified atom stereocenters. The number of nitrogens with zero attached hydrogens (tertiary/aromatic N) is 4. The fourth-order valence-electron chi connectivity index (χ4n) is 3.61. The Labute approximate surface area is 148 Å². The minimum Gasteiger partial charge on any atom is -0.331 e. The molecule has 2 heterocycles. The monoisotopic (exact) mass is 339 g/mol. The van der Waals surface area contributed by atoms with Gasteiger partial charge in [-0.2, -0.15) is 0 Å². The van der Waals surface area contributed by atoms with Crippen LogP contribution in [0.5, 0.6) is 0 Å². The minimum atomic E-state index is -0.0152. The van der Waals surface area contributed by atoms with E-state index < -0.39 is 0 Å². The zero-order chi connectivity index (χ0) is 17.2. The summed E-state index contributed by atoms with van der Waals surface area (Å²) >= 11 is 0. The van der Waals surface area contributed by atoms with Crippen LogP contribution in [-0.4, -0.2) is 31.7 Å². The maximum Gasteiger partial charge on any atom is 0.318 e. The van der Waals surface area contributed by atoms with Crippen molar-refractivity contribution in [2.24, 2.45) is 5.92 Å². The van der Waals surface area contributed by atoms with Crippen LogP contribution >= 0.6 is 0 Å². The molecule has 0 saturated heterocycles. The van der Waals surface area contributed by atoms with E-state index in [0.717, 1.165) is 36.6 Å². The number of carbonyl (C=O) groups excluding carboxylic acids is 1. The van der Waals surface area contributed by atoms with E-state index in [9.17, 15) is 4.79 Å². The van der Waals surface area contributed by atoms with Gasteiger partial charge in [-0.1, -0.05) is 30.3 Å². The Kier molecular flexibility index (Phi) is 4.42. The number of aryl methyl sites for hydroxylation is 1. The molecule has 6 nitrogen and oxygen atoms in total. The van der Waals surface area contributed by atoms with Crippen molar-refractivity contribution in [1.29, 1.82) is 0 Å². The Hall–Kier alpha value is -2.37. The quantitative estimate of drug-likeness (QED) is 0.880. The van der Waals surface area contributed by atoms with Crippen LogP contribution < -0.4 is 5.32 Å². The highest BCUT2D eigenvalue weighted by molar-refractivity contribution is 5.74. The third kappa shape index (κ3) is 3.52. The van der Waals surface area contributed by atoms with Crippen molar-refractivity contribution in [3.8, 4) is 0 Å². The van der Waals surface area contributed by atoms with Gasteiger partial charge < -0.3 is 14.8 Å². The number of carbonyl (C=O) groups is 1. The van der Waals surface area contributed by atoms with Gasteiger partial charge in [0.05, 0.1) is 6.54 Å². The van der Waals surface area contributed by atoms with Gasteiger partial charge in [-0.25, -0.2) is 4.79 Å². The normalized spacial score (nSPS) is 17.2. The number of aromatic nitrogens is 3. The molecule has 4 rings (SSSR count). The Balaban J connectivity index is 1.43. The minimum absolute atomic E-state index is 0.0152. The standard InChI is InChI=1S/C19H25N5O/c1-14(16-9-10-16)24(13-15-6-3-2-4-7-15)19(25)20-12-18-22-21-17-8-5-11-23(17)18/h2-4,6-7,14,16H,5,8-13H2,1H3,(H,20,25). The molecule has 1 aromatic carbocycles. The van der Waals surface area contributed by atoms with Crippen LogP contribution in [0.4, 0.5) is 4.79 Å². The zero-order valence-corrected chi connectivity index (χ0v) is 14.7. The smallest absolute Gasteiger partial charge is 0.318 e. The van der Waals surface area contributed by atoms with E-state index in [1.54, 1.807) is 0 Å². The molecule has 0 spiro atoms. The second-order valence-corrected chi connectivity index (χ2v) is 7.14. The zero-order valence-electron chi connectivity index (χ0n) is 14.7. The number of amides is 2. The fourth-order valence-corrected chi connectivity index (χ4v) is 3.61. The van der Waals surface area contributed by atoms with Gasteiger partial charge in [0.25, 0.3) is 0 Å². The molecule has 1 aliphatic heterocycles. The van der Waals surface area contributed by atoms with Gasteiger partial charge in [-0.3, -0.25) is 0 Å². The molecular formula is C19H25N5O. The molecule has 1 fully saturated rings. The van der Waals surface area contributed by atoms with Gasteiger partial charge in [-0.05, 0) is 37.7 Å². The third-order valence-corrected chi connectivity index (χ3v) is 5.34. The van der Waals surface area contributed by atoms with Gasteiger partial charge in [0.2, 0.25) is 0 Å². The summed E-state index contributed by atoms with van der Waals surface area (Å²) in [6, 6.07) is 10.4. The number of nitrogens with one attached hydrogen (secondary N) is 1. The summed E-state index contributed by atoms with van der Waals surface area (Å²) in [5.74, 6) is 2.53. The van der Waals surface area contributed by atoms with E-state index in [1.807, 2.05) is 23.1 Å². The van der Waals surface area contributed by atoms with Crippen molar-refractivity contribution in [1.82, 2.24) is 25.0 Å². The van der Waals surface area contributed by atoms with E-state index in [1.165, 1.54) is 12.8 Å². The second-order valence-electron chi connectivity index (χ2n) is 7.14. The van der Waals surface area contributed by atoms with Crippen LogP contribution in [0, 0.1) is 5.92 Å². The summed E-state index contributed by atoms with van der Waals surface area (Å²) in [7, 11) is 0. The predicted octanol–water partition coefficient (Wildman–Crippen LogP) is 2.73. The van der Waals surface area contributed by atoms with Crippen LogP contribution in [-0.2, 0) is 26.1 Å². The Morgan fingerprint density at radius 2 is 2.12 bits per heavy atom. The molecule has 2 aromatic rings.